The van der Waals surface area contributed by atoms with Crippen LogP contribution in [0.15, 0.2) is 18.2 Å². The Morgan fingerprint density at radius 1 is 1.50 bits per heavy atom. The number of hydrogen-bond donors (Lipinski definition) is 2. The molecule has 4 heteroatoms. The van der Waals surface area contributed by atoms with Crippen molar-refractivity contribution >= 4 is 11.6 Å². The van der Waals surface area contributed by atoms with Crippen molar-refractivity contribution in [2.24, 2.45) is 0 Å². The number of aliphatic hydroxyl groups excluding tert-OH is 1. The summed E-state index contributed by atoms with van der Waals surface area (Å²) in [4.78, 5) is 0. The lowest BCUT2D eigenvalue weighted by molar-refractivity contribution is 0.165. The van der Waals surface area contributed by atoms with Crippen molar-refractivity contribution in [1.82, 2.24) is 5.32 Å². The second-order valence-corrected chi connectivity index (χ2v) is 4.13. The maximum absolute atomic E-state index is 9.56. The van der Waals surface area contributed by atoms with Gasteiger partial charge in [-0.15, -0.1) is 0 Å². The number of halogens is 1. The Labute approximate surface area is 101 Å². The highest BCUT2D eigenvalue weighted by Gasteiger charge is 2.05. The number of likely N-dealkylation sites (N-methyl/N-ethyl adjacent to an activating group) is 1. The molecule has 0 bridgehead atoms. The van der Waals surface area contributed by atoms with Gasteiger partial charge in [0.05, 0.1) is 18.2 Å². The minimum absolute atomic E-state index is 0.314. The van der Waals surface area contributed by atoms with Gasteiger partial charge in [-0.3, -0.25) is 0 Å². The number of aryl methyl sites for hydroxylation is 1. The number of nitrogens with one attached hydrogen (secondary N) is 1. The average molecular weight is 244 g/mol. The molecule has 1 aromatic carbocycles. The Morgan fingerprint density at radius 3 is 2.81 bits per heavy atom. The summed E-state index contributed by atoms with van der Waals surface area (Å²) in [5.41, 5.74) is 1.11. The molecule has 0 amide bonds. The van der Waals surface area contributed by atoms with E-state index >= 15 is 0 Å². The zero-order valence-electron chi connectivity index (χ0n) is 9.66. The minimum atomic E-state index is -0.314. The Bertz CT molecular complexity index is 331. The molecule has 0 spiro atoms. The molecule has 1 rings (SSSR count). The topological polar surface area (TPSA) is 41.5 Å². The lowest BCUT2D eigenvalue weighted by Gasteiger charge is -2.10. The van der Waals surface area contributed by atoms with E-state index in [2.05, 4.69) is 5.32 Å². The van der Waals surface area contributed by atoms with Gasteiger partial charge in [-0.05, 0) is 37.6 Å². The zero-order valence-corrected chi connectivity index (χ0v) is 10.4. The Kier molecular flexibility index (Phi) is 5.60. The summed E-state index contributed by atoms with van der Waals surface area (Å²) in [5, 5.41) is 13.1. The number of methoxy groups -OCH3 is 1. The van der Waals surface area contributed by atoms with Gasteiger partial charge in [-0.25, -0.2) is 0 Å². The second kappa shape index (κ2) is 6.74. The fourth-order valence-electron chi connectivity index (χ4n) is 1.54. The summed E-state index contributed by atoms with van der Waals surface area (Å²) >= 11 is 6.01. The van der Waals surface area contributed by atoms with Crippen LogP contribution in [0, 0.1) is 0 Å². The molecule has 0 aliphatic carbocycles. The van der Waals surface area contributed by atoms with Gasteiger partial charge < -0.3 is 15.2 Å². The first-order valence-electron chi connectivity index (χ1n) is 5.32. The molecule has 2 N–H and O–H groups in total. The van der Waals surface area contributed by atoms with Crippen molar-refractivity contribution in [3.63, 3.8) is 0 Å². The first kappa shape index (κ1) is 13.3. The van der Waals surface area contributed by atoms with Crippen LogP contribution in [-0.4, -0.2) is 31.9 Å². The summed E-state index contributed by atoms with van der Waals surface area (Å²) in [6.45, 7) is 0.615. The van der Waals surface area contributed by atoms with Gasteiger partial charge >= 0.3 is 0 Å². The number of hydrogen-bond acceptors (Lipinski definition) is 3. The summed E-state index contributed by atoms with van der Waals surface area (Å²) in [7, 11) is 3.42. The van der Waals surface area contributed by atoms with E-state index in [1.165, 1.54) is 0 Å². The summed E-state index contributed by atoms with van der Waals surface area (Å²) < 4.78 is 5.07. The normalized spacial score (nSPS) is 12.5. The molecule has 16 heavy (non-hydrogen) atoms. The summed E-state index contributed by atoms with van der Waals surface area (Å²) in [6.07, 6.45) is 1.22. The number of ether oxygens (including phenoxy) is 1. The van der Waals surface area contributed by atoms with Gasteiger partial charge in [0.25, 0.3) is 0 Å². The van der Waals surface area contributed by atoms with Crippen LogP contribution < -0.4 is 10.1 Å². The van der Waals surface area contributed by atoms with E-state index in [0.717, 1.165) is 18.4 Å². The van der Waals surface area contributed by atoms with Crippen LogP contribution in [-0.2, 0) is 6.42 Å². The molecular formula is C12H18ClNO2. The third-order valence-electron chi connectivity index (χ3n) is 2.42. The molecule has 0 fully saturated rings. The molecule has 0 saturated heterocycles. The SMILES string of the molecule is CNCC(O)CCc1ccc(OC)c(Cl)c1. The maximum Gasteiger partial charge on any atom is 0.137 e. The quantitative estimate of drug-likeness (QED) is 0.802. The molecule has 1 atom stereocenters. The fraction of sp³-hybridized carbons (Fsp3) is 0.500. The van der Waals surface area contributed by atoms with Crippen molar-refractivity contribution in [3.05, 3.63) is 28.8 Å². The molecule has 1 unspecified atom stereocenters. The van der Waals surface area contributed by atoms with E-state index in [-0.39, 0.29) is 6.10 Å². The number of rotatable bonds is 6. The highest BCUT2D eigenvalue weighted by molar-refractivity contribution is 6.32. The van der Waals surface area contributed by atoms with Gasteiger partial charge in [0.1, 0.15) is 5.75 Å². The lowest BCUT2D eigenvalue weighted by Crippen LogP contribution is -2.23. The molecule has 0 heterocycles. The molecule has 0 aliphatic heterocycles. The molecule has 0 saturated carbocycles. The summed E-state index contributed by atoms with van der Waals surface area (Å²) in [5.74, 6) is 0.682. The van der Waals surface area contributed by atoms with E-state index in [1.54, 1.807) is 7.11 Å². The molecule has 0 aromatic heterocycles. The fourth-order valence-corrected chi connectivity index (χ4v) is 1.82. The molecule has 3 nitrogen and oxygen atoms in total. The average Bonchev–Trinajstić information content (AvgIpc) is 2.27. The molecular weight excluding hydrogens is 226 g/mol. The second-order valence-electron chi connectivity index (χ2n) is 3.72. The van der Waals surface area contributed by atoms with Crippen molar-refractivity contribution in [2.45, 2.75) is 18.9 Å². The van der Waals surface area contributed by atoms with Gasteiger partial charge in [0.2, 0.25) is 0 Å². The predicted molar refractivity (Wildman–Crippen MR) is 66.3 cm³/mol. The monoisotopic (exact) mass is 243 g/mol. The molecule has 0 aliphatic rings. The smallest absolute Gasteiger partial charge is 0.137 e. The Hall–Kier alpha value is -0.770. The van der Waals surface area contributed by atoms with Crippen LogP contribution in [0.2, 0.25) is 5.02 Å². The summed E-state index contributed by atoms with van der Waals surface area (Å²) in [6, 6.07) is 5.70. The van der Waals surface area contributed by atoms with Crippen LogP contribution in [0.3, 0.4) is 0 Å². The van der Waals surface area contributed by atoms with Gasteiger partial charge in [-0.1, -0.05) is 17.7 Å². The predicted octanol–water partition coefficient (Wildman–Crippen LogP) is 1.86. The first-order chi connectivity index (χ1) is 7.67. The first-order valence-corrected chi connectivity index (χ1v) is 5.70. The zero-order chi connectivity index (χ0) is 12.0. The van der Waals surface area contributed by atoms with Crippen molar-refractivity contribution in [1.29, 1.82) is 0 Å². The van der Waals surface area contributed by atoms with E-state index in [0.29, 0.717) is 17.3 Å². The van der Waals surface area contributed by atoms with Crippen molar-refractivity contribution in [2.75, 3.05) is 20.7 Å². The third kappa shape index (κ3) is 4.00. The van der Waals surface area contributed by atoms with Crippen LogP contribution in [0.25, 0.3) is 0 Å². The highest BCUT2D eigenvalue weighted by Crippen LogP contribution is 2.25. The molecule has 1 aromatic rings. The van der Waals surface area contributed by atoms with E-state index in [9.17, 15) is 5.11 Å². The molecule has 90 valence electrons. The van der Waals surface area contributed by atoms with E-state index in [1.807, 2.05) is 25.2 Å². The number of aliphatic hydroxyl groups is 1. The van der Waals surface area contributed by atoms with Crippen LogP contribution in [0.1, 0.15) is 12.0 Å². The Balaban J connectivity index is 2.51. The minimum Gasteiger partial charge on any atom is -0.495 e. The van der Waals surface area contributed by atoms with E-state index < -0.39 is 0 Å². The maximum atomic E-state index is 9.56. The van der Waals surface area contributed by atoms with Crippen LogP contribution in [0.5, 0.6) is 5.75 Å². The van der Waals surface area contributed by atoms with Gasteiger partial charge in [0, 0.05) is 6.54 Å². The standard InChI is InChI=1S/C12H18ClNO2/c1-14-8-10(15)5-3-9-4-6-12(16-2)11(13)7-9/h4,6-7,10,14-15H,3,5,8H2,1-2H3. The van der Waals surface area contributed by atoms with Crippen molar-refractivity contribution in [3.8, 4) is 5.75 Å². The van der Waals surface area contributed by atoms with Crippen LogP contribution >= 0.6 is 11.6 Å². The van der Waals surface area contributed by atoms with Crippen molar-refractivity contribution < 1.29 is 9.84 Å². The van der Waals surface area contributed by atoms with E-state index in [4.69, 9.17) is 16.3 Å². The number of benzene rings is 1. The Morgan fingerprint density at radius 2 is 2.25 bits per heavy atom. The lowest BCUT2D eigenvalue weighted by atomic mass is 10.1. The largest absolute Gasteiger partial charge is 0.495 e. The van der Waals surface area contributed by atoms with Crippen LogP contribution in [0.4, 0.5) is 0 Å². The highest BCUT2D eigenvalue weighted by atomic mass is 35.5. The molecule has 0 radical (unpaired) electrons. The van der Waals surface area contributed by atoms with Gasteiger partial charge in [0.15, 0.2) is 0 Å². The third-order valence-corrected chi connectivity index (χ3v) is 2.72. The van der Waals surface area contributed by atoms with Gasteiger partial charge in [-0.2, -0.15) is 0 Å².